The minimum atomic E-state index is -0.864. The van der Waals surface area contributed by atoms with Crippen LogP contribution in [0, 0.1) is 0 Å². The van der Waals surface area contributed by atoms with Crippen molar-refractivity contribution in [1.29, 1.82) is 0 Å². The van der Waals surface area contributed by atoms with Gasteiger partial charge in [-0.25, -0.2) is 4.79 Å². The van der Waals surface area contributed by atoms with Gasteiger partial charge in [0.2, 0.25) is 0 Å². The Hall–Kier alpha value is -1.06. The highest BCUT2D eigenvalue weighted by Gasteiger charge is 2.12. The van der Waals surface area contributed by atoms with Gasteiger partial charge in [-0.05, 0) is 30.5 Å². The second kappa shape index (κ2) is 7.39. The van der Waals surface area contributed by atoms with Crippen LogP contribution in [0.5, 0.6) is 0 Å². The Balaban J connectivity index is 0.00000162. The van der Waals surface area contributed by atoms with Crippen LogP contribution in [0.4, 0.5) is 0 Å². The second-order valence-electron chi connectivity index (χ2n) is 4.72. The molecule has 1 aliphatic carbocycles. The van der Waals surface area contributed by atoms with Crippen molar-refractivity contribution in [2.75, 3.05) is 0 Å². The first-order chi connectivity index (χ1) is 8.25. The predicted octanol–water partition coefficient (Wildman–Crippen LogP) is 3.23. The summed E-state index contributed by atoms with van der Waals surface area (Å²) in [6.45, 7) is 0.838. The van der Waals surface area contributed by atoms with Gasteiger partial charge >= 0.3 is 5.97 Å². The van der Waals surface area contributed by atoms with Crippen LogP contribution in [0.3, 0.4) is 0 Å². The topological polar surface area (TPSA) is 49.3 Å². The van der Waals surface area contributed by atoms with Crippen molar-refractivity contribution >= 4 is 18.4 Å². The number of halogens is 1. The molecule has 1 aliphatic rings. The van der Waals surface area contributed by atoms with Gasteiger partial charge in [0.15, 0.2) is 0 Å². The third kappa shape index (κ3) is 4.31. The fraction of sp³-hybridized carbons (Fsp3) is 0.500. The van der Waals surface area contributed by atoms with E-state index in [-0.39, 0.29) is 12.4 Å². The Morgan fingerprint density at radius 2 is 1.78 bits per heavy atom. The second-order valence-corrected chi connectivity index (χ2v) is 4.72. The van der Waals surface area contributed by atoms with Crippen LogP contribution in [-0.2, 0) is 6.54 Å². The molecule has 0 spiro atoms. The molecule has 4 heteroatoms. The largest absolute Gasteiger partial charge is 0.478 e. The Morgan fingerprint density at radius 3 is 2.33 bits per heavy atom. The fourth-order valence-corrected chi connectivity index (χ4v) is 2.33. The number of aromatic carboxylic acids is 1. The van der Waals surface area contributed by atoms with Crippen LogP contribution in [0.2, 0.25) is 0 Å². The van der Waals surface area contributed by atoms with Crippen LogP contribution >= 0.6 is 12.4 Å². The Bertz CT molecular complexity index is 372. The molecule has 0 heterocycles. The molecule has 1 aromatic rings. The third-order valence-electron chi connectivity index (χ3n) is 3.40. The summed E-state index contributed by atoms with van der Waals surface area (Å²) in [4.78, 5) is 10.7. The van der Waals surface area contributed by atoms with Gasteiger partial charge in [0, 0.05) is 12.6 Å². The molecule has 0 aromatic heterocycles. The molecule has 0 amide bonds. The van der Waals surface area contributed by atoms with E-state index in [1.807, 2.05) is 12.1 Å². The minimum Gasteiger partial charge on any atom is -0.478 e. The Labute approximate surface area is 114 Å². The summed E-state index contributed by atoms with van der Waals surface area (Å²) < 4.78 is 0. The number of hydrogen-bond donors (Lipinski definition) is 2. The lowest BCUT2D eigenvalue weighted by molar-refractivity contribution is 0.0697. The van der Waals surface area contributed by atoms with Crippen molar-refractivity contribution in [3.8, 4) is 0 Å². The molecule has 0 radical (unpaired) electrons. The molecule has 1 fully saturated rings. The first-order valence-corrected chi connectivity index (χ1v) is 6.31. The quantitative estimate of drug-likeness (QED) is 0.882. The number of carboxylic acids is 1. The first kappa shape index (κ1) is 15.0. The molecule has 2 rings (SSSR count). The normalized spacial score (nSPS) is 16.0. The number of rotatable bonds is 4. The molecule has 18 heavy (non-hydrogen) atoms. The fourth-order valence-electron chi connectivity index (χ4n) is 2.33. The van der Waals surface area contributed by atoms with Crippen molar-refractivity contribution in [1.82, 2.24) is 5.32 Å². The van der Waals surface area contributed by atoms with Crippen molar-refractivity contribution in [3.63, 3.8) is 0 Å². The standard InChI is InChI=1S/C14H19NO2.ClH/c16-14(17)12-8-6-11(7-9-12)10-15-13-4-2-1-3-5-13;/h6-9,13,15H,1-5,10H2,(H,16,17);1H. The lowest BCUT2D eigenvalue weighted by Crippen LogP contribution is -2.30. The summed E-state index contributed by atoms with van der Waals surface area (Å²) in [5.41, 5.74) is 1.51. The van der Waals surface area contributed by atoms with Gasteiger partial charge in [-0.3, -0.25) is 0 Å². The van der Waals surface area contributed by atoms with E-state index in [0.717, 1.165) is 12.1 Å². The number of nitrogens with one attached hydrogen (secondary N) is 1. The van der Waals surface area contributed by atoms with Crippen LogP contribution < -0.4 is 5.32 Å². The molecule has 3 nitrogen and oxygen atoms in total. The van der Waals surface area contributed by atoms with Crippen LogP contribution in [-0.4, -0.2) is 17.1 Å². The van der Waals surface area contributed by atoms with Gasteiger partial charge in [0.05, 0.1) is 5.56 Å². The van der Waals surface area contributed by atoms with Gasteiger partial charge in [-0.1, -0.05) is 31.4 Å². The maximum atomic E-state index is 10.7. The summed E-state index contributed by atoms with van der Waals surface area (Å²) in [7, 11) is 0. The zero-order valence-electron chi connectivity index (χ0n) is 10.4. The Morgan fingerprint density at radius 1 is 1.17 bits per heavy atom. The highest BCUT2D eigenvalue weighted by atomic mass is 35.5. The lowest BCUT2D eigenvalue weighted by Gasteiger charge is -2.22. The summed E-state index contributed by atoms with van der Waals surface area (Å²) in [5.74, 6) is -0.864. The summed E-state index contributed by atoms with van der Waals surface area (Å²) >= 11 is 0. The van der Waals surface area contributed by atoms with Gasteiger partial charge in [0.1, 0.15) is 0 Å². The Kier molecular flexibility index (Phi) is 6.16. The van der Waals surface area contributed by atoms with Gasteiger partial charge in [-0.2, -0.15) is 0 Å². The average molecular weight is 270 g/mol. The van der Waals surface area contributed by atoms with Crippen LogP contribution in [0.1, 0.15) is 48.0 Å². The smallest absolute Gasteiger partial charge is 0.335 e. The van der Waals surface area contributed by atoms with Gasteiger partial charge < -0.3 is 10.4 Å². The maximum Gasteiger partial charge on any atom is 0.335 e. The van der Waals surface area contributed by atoms with E-state index in [1.165, 1.54) is 32.1 Å². The number of benzene rings is 1. The zero-order valence-corrected chi connectivity index (χ0v) is 11.2. The molecular formula is C14H20ClNO2. The summed E-state index contributed by atoms with van der Waals surface area (Å²) in [6, 6.07) is 7.75. The van der Waals surface area contributed by atoms with Crippen molar-refractivity contribution < 1.29 is 9.90 Å². The molecule has 100 valence electrons. The van der Waals surface area contributed by atoms with E-state index in [1.54, 1.807) is 12.1 Å². The number of carbonyl (C=O) groups is 1. The highest BCUT2D eigenvalue weighted by Crippen LogP contribution is 2.17. The predicted molar refractivity (Wildman–Crippen MR) is 74.4 cm³/mol. The summed E-state index contributed by atoms with van der Waals surface area (Å²) in [5, 5.41) is 12.3. The van der Waals surface area contributed by atoms with Gasteiger partial charge in [0.25, 0.3) is 0 Å². The molecular weight excluding hydrogens is 250 g/mol. The molecule has 0 atom stereocenters. The van der Waals surface area contributed by atoms with Crippen molar-refractivity contribution in [3.05, 3.63) is 35.4 Å². The average Bonchev–Trinajstić information content (AvgIpc) is 2.38. The van der Waals surface area contributed by atoms with E-state index in [0.29, 0.717) is 11.6 Å². The zero-order chi connectivity index (χ0) is 12.1. The molecule has 0 aliphatic heterocycles. The third-order valence-corrected chi connectivity index (χ3v) is 3.40. The minimum absolute atomic E-state index is 0. The molecule has 1 saturated carbocycles. The van der Waals surface area contributed by atoms with E-state index in [4.69, 9.17) is 5.11 Å². The van der Waals surface area contributed by atoms with Gasteiger partial charge in [-0.15, -0.1) is 12.4 Å². The number of carboxylic acid groups (broad SMARTS) is 1. The van der Waals surface area contributed by atoms with E-state index in [9.17, 15) is 4.79 Å². The van der Waals surface area contributed by atoms with E-state index in [2.05, 4.69) is 5.32 Å². The number of hydrogen-bond acceptors (Lipinski definition) is 2. The SMILES string of the molecule is Cl.O=C(O)c1ccc(CNC2CCCCC2)cc1. The molecule has 1 aromatic carbocycles. The van der Waals surface area contributed by atoms with Crippen LogP contribution in [0.25, 0.3) is 0 Å². The molecule has 2 N–H and O–H groups in total. The van der Waals surface area contributed by atoms with E-state index >= 15 is 0 Å². The van der Waals surface area contributed by atoms with Crippen LogP contribution in [0.15, 0.2) is 24.3 Å². The first-order valence-electron chi connectivity index (χ1n) is 6.31. The van der Waals surface area contributed by atoms with Crippen molar-refractivity contribution in [2.45, 2.75) is 44.7 Å². The molecule has 0 saturated heterocycles. The van der Waals surface area contributed by atoms with Crippen molar-refractivity contribution in [2.24, 2.45) is 0 Å². The van der Waals surface area contributed by atoms with E-state index < -0.39 is 5.97 Å². The monoisotopic (exact) mass is 269 g/mol. The molecule has 0 unspecified atom stereocenters. The highest BCUT2D eigenvalue weighted by molar-refractivity contribution is 5.87. The lowest BCUT2D eigenvalue weighted by atomic mass is 9.95. The molecule has 0 bridgehead atoms. The maximum absolute atomic E-state index is 10.7. The summed E-state index contributed by atoms with van der Waals surface area (Å²) in [6.07, 6.45) is 6.57.